The Bertz CT molecular complexity index is 620. The minimum absolute atomic E-state index is 0.0986. The number of hydrogen-bond donors (Lipinski definition) is 2. The van der Waals surface area contributed by atoms with Crippen LogP contribution in [0.5, 0.6) is 0 Å². The molecule has 0 saturated carbocycles. The van der Waals surface area contributed by atoms with Gasteiger partial charge < -0.3 is 5.32 Å². The number of aromatic nitrogens is 1. The zero-order valence-electron chi connectivity index (χ0n) is 9.25. The summed E-state index contributed by atoms with van der Waals surface area (Å²) >= 11 is 0. The molecule has 8 heteroatoms. The number of hydrogen-bond acceptors (Lipinski definition) is 5. The maximum Gasteiger partial charge on any atom is 0.243 e. The predicted molar refractivity (Wildman–Crippen MR) is 60.7 cm³/mol. The van der Waals surface area contributed by atoms with Gasteiger partial charge in [0.2, 0.25) is 15.9 Å². The number of nitriles is 1. The quantitative estimate of drug-likeness (QED) is 0.737. The minimum Gasteiger partial charge on any atom is -0.354 e. The lowest BCUT2D eigenvalue weighted by Crippen LogP contribution is -2.36. The highest BCUT2D eigenvalue weighted by Crippen LogP contribution is 2.13. The summed E-state index contributed by atoms with van der Waals surface area (Å²) in [6, 6.07) is 3.97. The highest BCUT2D eigenvalue weighted by atomic mass is 32.2. The summed E-state index contributed by atoms with van der Waals surface area (Å²) in [5, 5.41) is 11.3. The van der Waals surface area contributed by atoms with E-state index in [-0.39, 0.29) is 29.5 Å². The van der Waals surface area contributed by atoms with Crippen LogP contribution in [0, 0.1) is 11.3 Å². The molecule has 1 unspecified atom stereocenters. The molecular formula is C10H10N4O3S. The molecule has 1 atom stereocenters. The molecule has 2 rings (SSSR count). The van der Waals surface area contributed by atoms with Crippen molar-refractivity contribution in [3.05, 3.63) is 24.0 Å². The summed E-state index contributed by atoms with van der Waals surface area (Å²) in [6.45, 7) is 0.250. The molecule has 1 amide bonds. The van der Waals surface area contributed by atoms with Crippen molar-refractivity contribution in [1.82, 2.24) is 15.0 Å². The van der Waals surface area contributed by atoms with Gasteiger partial charge in [-0.25, -0.2) is 18.1 Å². The van der Waals surface area contributed by atoms with Crippen molar-refractivity contribution in [3.8, 4) is 6.07 Å². The van der Waals surface area contributed by atoms with E-state index in [1.165, 1.54) is 18.3 Å². The average Bonchev–Trinajstić information content (AvgIpc) is 2.74. The monoisotopic (exact) mass is 266 g/mol. The molecule has 0 radical (unpaired) electrons. The smallest absolute Gasteiger partial charge is 0.243 e. The van der Waals surface area contributed by atoms with E-state index < -0.39 is 16.1 Å². The van der Waals surface area contributed by atoms with Gasteiger partial charge in [-0.05, 0) is 12.1 Å². The largest absolute Gasteiger partial charge is 0.354 e. The normalized spacial score (nSPS) is 19.3. The molecule has 0 aliphatic carbocycles. The first-order valence-electron chi connectivity index (χ1n) is 5.17. The van der Waals surface area contributed by atoms with Crippen molar-refractivity contribution in [1.29, 1.82) is 5.26 Å². The number of rotatable bonds is 3. The van der Waals surface area contributed by atoms with Crippen LogP contribution in [0.1, 0.15) is 12.1 Å². The molecule has 1 fully saturated rings. The van der Waals surface area contributed by atoms with Gasteiger partial charge in [-0.3, -0.25) is 4.79 Å². The van der Waals surface area contributed by atoms with Gasteiger partial charge in [0, 0.05) is 25.2 Å². The topological polar surface area (TPSA) is 112 Å². The zero-order valence-corrected chi connectivity index (χ0v) is 10.1. The van der Waals surface area contributed by atoms with Gasteiger partial charge in [0.25, 0.3) is 0 Å². The van der Waals surface area contributed by atoms with Crippen LogP contribution in [0.4, 0.5) is 0 Å². The third kappa shape index (κ3) is 2.47. The highest BCUT2D eigenvalue weighted by molar-refractivity contribution is 7.89. The number of carbonyl (C=O) groups is 1. The average molecular weight is 266 g/mol. The number of nitrogens with one attached hydrogen (secondary N) is 2. The molecule has 0 bridgehead atoms. The first kappa shape index (κ1) is 12.5. The highest BCUT2D eigenvalue weighted by Gasteiger charge is 2.28. The summed E-state index contributed by atoms with van der Waals surface area (Å²) in [4.78, 5) is 14.5. The fourth-order valence-corrected chi connectivity index (χ4v) is 3.01. The SMILES string of the molecule is N#Cc1ncccc1S(=O)(=O)NC1CNC(=O)C1. The van der Waals surface area contributed by atoms with Crippen LogP contribution in [0.25, 0.3) is 0 Å². The number of amides is 1. The van der Waals surface area contributed by atoms with Crippen molar-refractivity contribution < 1.29 is 13.2 Å². The van der Waals surface area contributed by atoms with Crippen LogP contribution < -0.4 is 10.0 Å². The summed E-state index contributed by atoms with van der Waals surface area (Å²) in [5.74, 6) is -0.200. The van der Waals surface area contributed by atoms with Crippen LogP contribution in [-0.2, 0) is 14.8 Å². The second kappa shape index (κ2) is 4.72. The lowest BCUT2D eigenvalue weighted by Gasteiger charge is -2.11. The van der Waals surface area contributed by atoms with E-state index in [2.05, 4.69) is 15.0 Å². The van der Waals surface area contributed by atoms with Gasteiger partial charge in [-0.1, -0.05) is 0 Å². The van der Waals surface area contributed by atoms with Crippen molar-refractivity contribution in [2.45, 2.75) is 17.4 Å². The lowest BCUT2D eigenvalue weighted by molar-refractivity contribution is -0.119. The predicted octanol–water partition coefficient (Wildman–Crippen LogP) is -0.880. The molecule has 1 aliphatic rings. The minimum atomic E-state index is -3.84. The van der Waals surface area contributed by atoms with E-state index in [4.69, 9.17) is 5.26 Å². The van der Waals surface area contributed by atoms with Gasteiger partial charge >= 0.3 is 0 Å². The number of carbonyl (C=O) groups excluding carboxylic acids is 1. The molecule has 1 aromatic heterocycles. The third-order valence-corrected chi connectivity index (χ3v) is 4.02. The van der Waals surface area contributed by atoms with E-state index in [1.54, 1.807) is 6.07 Å². The van der Waals surface area contributed by atoms with Crippen LogP contribution in [0.15, 0.2) is 23.2 Å². The van der Waals surface area contributed by atoms with Gasteiger partial charge in [0.1, 0.15) is 11.0 Å². The van der Waals surface area contributed by atoms with Crippen LogP contribution >= 0.6 is 0 Å². The first-order valence-corrected chi connectivity index (χ1v) is 6.65. The third-order valence-electron chi connectivity index (χ3n) is 2.47. The Morgan fingerprint density at radius 3 is 2.94 bits per heavy atom. The van der Waals surface area contributed by atoms with E-state index in [9.17, 15) is 13.2 Å². The van der Waals surface area contributed by atoms with Crippen molar-refractivity contribution in [2.24, 2.45) is 0 Å². The van der Waals surface area contributed by atoms with Gasteiger partial charge in [0.15, 0.2) is 5.69 Å². The molecule has 2 N–H and O–H groups in total. The fourth-order valence-electron chi connectivity index (χ4n) is 1.66. The van der Waals surface area contributed by atoms with E-state index in [0.717, 1.165) is 0 Å². The van der Waals surface area contributed by atoms with Crippen LogP contribution in [-0.4, -0.2) is 31.9 Å². The molecule has 7 nitrogen and oxygen atoms in total. The molecule has 1 aromatic rings. The lowest BCUT2D eigenvalue weighted by atomic mass is 10.3. The Kier molecular flexibility index (Phi) is 3.27. The van der Waals surface area contributed by atoms with Crippen LogP contribution in [0.2, 0.25) is 0 Å². The molecule has 18 heavy (non-hydrogen) atoms. The Labute approximate surface area is 104 Å². The van der Waals surface area contributed by atoms with Crippen molar-refractivity contribution in [2.75, 3.05) is 6.54 Å². The summed E-state index contributed by atoms with van der Waals surface area (Å²) < 4.78 is 26.4. The summed E-state index contributed by atoms with van der Waals surface area (Å²) in [5.41, 5.74) is -0.165. The maximum absolute atomic E-state index is 12.0. The van der Waals surface area contributed by atoms with E-state index >= 15 is 0 Å². The van der Waals surface area contributed by atoms with E-state index in [1.807, 2.05) is 0 Å². The van der Waals surface area contributed by atoms with Gasteiger partial charge in [0.05, 0.1) is 0 Å². The molecule has 94 valence electrons. The Morgan fingerprint density at radius 2 is 2.33 bits per heavy atom. The van der Waals surface area contributed by atoms with Crippen molar-refractivity contribution >= 4 is 15.9 Å². The zero-order chi connectivity index (χ0) is 13.2. The number of nitrogens with zero attached hydrogens (tertiary/aromatic N) is 2. The maximum atomic E-state index is 12.0. The Hall–Kier alpha value is -1.98. The van der Waals surface area contributed by atoms with Gasteiger partial charge in [-0.2, -0.15) is 5.26 Å². The molecular weight excluding hydrogens is 256 g/mol. The molecule has 2 heterocycles. The fraction of sp³-hybridized carbons (Fsp3) is 0.300. The molecule has 0 aromatic carbocycles. The summed E-state index contributed by atoms with van der Waals surface area (Å²) in [7, 11) is -3.84. The van der Waals surface area contributed by atoms with E-state index in [0.29, 0.717) is 0 Å². The molecule has 1 aliphatic heterocycles. The number of pyridine rings is 1. The second-order valence-corrected chi connectivity index (χ2v) is 5.47. The van der Waals surface area contributed by atoms with Gasteiger partial charge in [-0.15, -0.1) is 0 Å². The standard InChI is InChI=1S/C10H10N4O3S/c11-5-8-9(2-1-3-12-8)18(16,17)14-7-4-10(15)13-6-7/h1-3,7,14H,4,6H2,(H,13,15). The Morgan fingerprint density at radius 1 is 1.56 bits per heavy atom. The van der Waals surface area contributed by atoms with Crippen LogP contribution in [0.3, 0.4) is 0 Å². The van der Waals surface area contributed by atoms with Crippen molar-refractivity contribution in [3.63, 3.8) is 0 Å². The second-order valence-electron chi connectivity index (χ2n) is 3.79. The first-order chi connectivity index (χ1) is 8.53. The molecule has 1 saturated heterocycles. The number of sulfonamides is 1. The summed E-state index contributed by atoms with van der Waals surface area (Å²) in [6.07, 6.45) is 1.44. The molecule has 0 spiro atoms. The Balaban J connectivity index is 2.26.